The van der Waals surface area contributed by atoms with Crippen molar-refractivity contribution in [3.8, 4) is 11.5 Å². The highest BCUT2D eigenvalue weighted by molar-refractivity contribution is 5.94. The summed E-state index contributed by atoms with van der Waals surface area (Å²) in [5.74, 6) is 0.749. The van der Waals surface area contributed by atoms with Crippen molar-refractivity contribution in [1.82, 2.24) is 0 Å². The molecule has 0 saturated carbocycles. The summed E-state index contributed by atoms with van der Waals surface area (Å²) in [5, 5.41) is 3.45. The highest BCUT2D eigenvalue weighted by Gasteiger charge is 2.08. The average Bonchev–Trinajstić information content (AvgIpc) is 2.60. The molecule has 0 saturated heterocycles. The van der Waals surface area contributed by atoms with Crippen LogP contribution in [-0.2, 0) is 4.79 Å². The number of amides is 1. The van der Waals surface area contributed by atoms with Gasteiger partial charge in [0.25, 0.3) is 5.91 Å². The van der Waals surface area contributed by atoms with E-state index in [1.807, 2.05) is 6.07 Å². The first-order valence-electron chi connectivity index (χ1n) is 7.25. The third kappa shape index (κ3) is 3.55. The highest BCUT2D eigenvalue weighted by atomic mass is 16.5. The molecule has 0 aliphatic rings. The molecule has 3 rings (SSSR count). The molecule has 0 atom stereocenters. The molecule has 0 spiro atoms. The van der Waals surface area contributed by atoms with E-state index >= 15 is 0 Å². The molecule has 6 nitrogen and oxygen atoms in total. The Labute approximate surface area is 137 Å². The van der Waals surface area contributed by atoms with Crippen molar-refractivity contribution in [2.75, 3.05) is 19.0 Å². The molecule has 0 fully saturated rings. The number of ether oxygens (including phenoxy) is 2. The van der Waals surface area contributed by atoms with Crippen LogP contribution in [0.15, 0.2) is 63.8 Å². The Bertz CT molecular complexity index is 932. The van der Waals surface area contributed by atoms with Gasteiger partial charge in [-0.3, -0.25) is 4.79 Å². The van der Waals surface area contributed by atoms with Crippen molar-refractivity contribution in [2.45, 2.75) is 0 Å². The zero-order valence-electron chi connectivity index (χ0n) is 12.9. The van der Waals surface area contributed by atoms with Gasteiger partial charge in [0.1, 0.15) is 5.58 Å². The van der Waals surface area contributed by atoms with Crippen LogP contribution in [-0.4, -0.2) is 19.6 Å². The second kappa shape index (κ2) is 6.87. The molecule has 24 heavy (non-hydrogen) atoms. The molecule has 0 aliphatic heterocycles. The van der Waals surface area contributed by atoms with Gasteiger partial charge < -0.3 is 19.2 Å². The van der Waals surface area contributed by atoms with Crippen LogP contribution in [0.25, 0.3) is 11.0 Å². The van der Waals surface area contributed by atoms with E-state index in [4.69, 9.17) is 13.9 Å². The third-order valence-corrected chi connectivity index (χ3v) is 3.33. The fourth-order valence-electron chi connectivity index (χ4n) is 2.23. The summed E-state index contributed by atoms with van der Waals surface area (Å²) in [6, 6.07) is 15.1. The lowest BCUT2D eigenvalue weighted by atomic mass is 10.2. The number of methoxy groups -OCH3 is 1. The summed E-state index contributed by atoms with van der Waals surface area (Å²) >= 11 is 0. The number of rotatable bonds is 5. The molecule has 1 N–H and O–H groups in total. The molecular formula is C18H15NO5. The van der Waals surface area contributed by atoms with Crippen LogP contribution in [0.2, 0.25) is 0 Å². The topological polar surface area (TPSA) is 77.8 Å². The van der Waals surface area contributed by atoms with Crippen LogP contribution in [0.3, 0.4) is 0 Å². The molecule has 0 aliphatic carbocycles. The molecular weight excluding hydrogens is 310 g/mol. The number of hydrogen-bond donors (Lipinski definition) is 1. The van der Waals surface area contributed by atoms with E-state index in [1.165, 1.54) is 13.2 Å². The van der Waals surface area contributed by atoms with Gasteiger partial charge in [0.2, 0.25) is 0 Å². The number of anilines is 1. The van der Waals surface area contributed by atoms with Crippen LogP contribution >= 0.6 is 0 Å². The van der Waals surface area contributed by atoms with E-state index in [0.717, 1.165) is 5.39 Å². The fraction of sp³-hybridized carbons (Fsp3) is 0.111. The largest absolute Gasteiger partial charge is 0.493 e. The van der Waals surface area contributed by atoms with Crippen LogP contribution in [0.5, 0.6) is 11.5 Å². The zero-order valence-corrected chi connectivity index (χ0v) is 12.9. The fourth-order valence-corrected chi connectivity index (χ4v) is 2.23. The summed E-state index contributed by atoms with van der Waals surface area (Å²) < 4.78 is 15.7. The van der Waals surface area contributed by atoms with Gasteiger partial charge in [-0.1, -0.05) is 12.1 Å². The quantitative estimate of drug-likeness (QED) is 0.730. The standard InChI is InChI=1S/C18H15NO5/c1-22-15-4-2-3-5-16(15)23-11-17(20)19-13-7-8-14-12(10-13)6-9-18(21)24-14/h2-10H,11H2,1H3,(H,19,20). The van der Waals surface area contributed by atoms with E-state index in [2.05, 4.69) is 5.32 Å². The maximum absolute atomic E-state index is 12.0. The van der Waals surface area contributed by atoms with Gasteiger partial charge in [0, 0.05) is 17.1 Å². The first-order chi connectivity index (χ1) is 11.7. The lowest BCUT2D eigenvalue weighted by Crippen LogP contribution is -2.20. The first kappa shape index (κ1) is 15.6. The van der Waals surface area contributed by atoms with Gasteiger partial charge in [0.15, 0.2) is 18.1 Å². The molecule has 0 bridgehead atoms. The predicted molar refractivity (Wildman–Crippen MR) is 89.6 cm³/mol. The molecule has 3 aromatic rings. The van der Waals surface area contributed by atoms with Crippen molar-refractivity contribution in [2.24, 2.45) is 0 Å². The number of fused-ring (bicyclic) bond motifs is 1. The van der Waals surface area contributed by atoms with Crippen molar-refractivity contribution in [3.63, 3.8) is 0 Å². The molecule has 1 amide bonds. The lowest BCUT2D eigenvalue weighted by molar-refractivity contribution is -0.118. The summed E-state index contributed by atoms with van der Waals surface area (Å²) in [5.41, 5.74) is 0.639. The monoisotopic (exact) mass is 325 g/mol. The third-order valence-electron chi connectivity index (χ3n) is 3.33. The maximum atomic E-state index is 12.0. The normalized spacial score (nSPS) is 10.4. The van der Waals surface area contributed by atoms with Crippen LogP contribution in [0.4, 0.5) is 5.69 Å². The molecule has 0 unspecified atom stereocenters. The number of para-hydroxylation sites is 2. The Hall–Kier alpha value is -3.28. The average molecular weight is 325 g/mol. The van der Waals surface area contributed by atoms with E-state index in [-0.39, 0.29) is 12.5 Å². The second-order valence-corrected chi connectivity index (χ2v) is 4.99. The number of carbonyl (C=O) groups is 1. The van der Waals surface area contributed by atoms with Crippen LogP contribution < -0.4 is 20.4 Å². The van der Waals surface area contributed by atoms with E-state index in [9.17, 15) is 9.59 Å². The first-order valence-corrected chi connectivity index (χ1v) is 7.25. The van der Waals surface area contributed by atoms with Gasteiger partial charge in [-0.25, -0.2) is 4.79 Å². The van der Waals surface area contributed by atoms with Crippen LogP contribution in [0, 0.1) is 0 Å². The Kier molecular flexibility index (Phi) is 4.47. The summed E-state index contributed by atoms with van der Waals surface area (Å²) in [6.45, 7) is -0.151. The van der Waals surface area contributed by atoms with E-state index in [0.29, 0.717) is 22.8 Å². The van der Waals surface area contributed by atoms with Crippen molar-refractivity contribution < 1.29 is 18.7 Å². The van der Waals surface area contributed by atoms with E-state index < -0.39 is 5.63 Å². The smallest absolute Gasteiger partial charge is 0.336 e. The Balaban J connectivity index is 1.66. The van der Waals surface area contributed by atoms with Gasteiger partial charge in [-0.2, -0.15) is 0 Å². The minimum Gasteiger partial charge on any atom is -0.493 e. The minimum atomic E-state index is -0.413. The lowest BCUT2D eigenvalue weighted by Gasteiger charge is -2.10. The van der Waals surface area contributed by atoms with Crippen LogP contribution in [0.1, 0.15) is 0 Å². The van der Waals surface area contributed by atoms with Crippen molar-refractivity contribution in [1.29, 1.82) is 0 Å². The molecule has 1 heterocycles. The number of carbonyl (C=O) groups excluding carboxylic acids is 1. The molecule has 1 aromatic heterocycles. The number of nitrogens with one attached hydrogen (secondary N) is 1. The van der Waals surface area contributed by atoms with Gasteiger partial charge >= 0.3 is 5.63 Å². The Morgan fingerprint density at radius 2 is 1.88 bits per heavy atom. The zero-order chi connectivity index (χ0) is 16.9. The van der Waals surface area contributed by atoms with Crippen molar-refractivity contribution in [3.05, 3.63) is 65.0 Å². The Morgan fingerprint density at radius 3 is 2.67 bits per heavy atom. The Morgan fingerprint density at radius 1 is 1.08 bits per heavy atom. The summed E-state index contributed by atoms with van der Waals surface area (Å²) in [7, 11) is 1.54. The molecule has 2 aromatic carbocycles. The maximum Gasteiger partial charge on any atom is 0.336 e. The van der Waals surface area contributed by atoms with Gasteiger partial charge in [-0.15, -0.1) is 0 Å². The predicted octanol–water partition coefficient (Wildman–Crippen LogP) is 2.82. The minimum absolute atomic E-state index is 0.151. The molecule has 6 heteroatoms. The van der Waals surface area contributed by atoms with Gasteiger partial charge in [0.05, 0.1) is 7.11 Å². The van der Waals surface area contributed by atoms with Gasteiger partial charge in [-0.05, 0) is 36.4 Å². The number of hydrogen-bond acceptors (Lipinski definition) is 5. The number of benzene rings is 2. The molecule has 122 valence electrons. The van der Waals surface area contributed by atoms with Crippen molar-refractivity contribution >= 4 is 22.6 Å². The SMILES string of the molecule is COc1ccccc1OCC(=O)Nc1ccc2oc(=O)ccc2c1. The summed E-state index contributed by atoms with van der Waals surface area (Å²) in [6.07, 6.45) is 0. The second-order valence-electron chi connectivity index (χ2n) is 4.99. The molecule has 0 radical (unpaired) electrons. The highest BCUT2D eigenvalue weighted by Crippen LogP contribution is 2.25. The summed E-state index contributed by atoms with van der Waals surface area (Å²) in [4.78, 5) is 23.2. The van der Waals surface area contributed by atoms with E-state index in [1.54, 1.807) is 42.5 Å².